The Bertz CT molecular complexity index is 1840. The lowest BCUT2D eigenvalue weighted by molar-refractivity contribution is 0.122. The Kier molecular flexibility index (Phi) is 8.56. The molecule has 13 nitrogen and oxygen atoms in total. The van der Waals surface area contributed by atoms with Crippen molar-refractivity contribution in [2.24, 2.45) is 0 Å². The Morgan fingerprint density at radius 1 is 1.00 bits per heavy atom. The lowest BCUT2D eigenvalue weighted by atomic mass is 10.1. The Hall–Kier alpha value is -3.64. The highest BCUT2D eigenvalue weighted by molar-refractivity contribution is 7.92. The Morgan fingerprint density at radius 2 is 1.77 bits per heavy atom. The molecule has 0 saturated carbocycles. The third kappa shape index (κ3) is 6.56. The molecule has 234 valence electrons. The van der Waals surface area contributed by atoms with Gasteiger partial charge in [-0.25, -0.2) is 32.1 Å². The number of thiazole rings is 1. The second-order valence-electron chi connectivity index (χ2n) is 10.3. The molecule has 4 aromatic rings. The Labute approximate surface area is 258 Å². The van der Waals surface area contributed by atoms with Crippen molar-refractivity contribution in [2.75, 3.05) is 60.6 Å². The number of nitrogens with one attached hydrogen (secondary N) is 2. The summed E-state index contributed by atoms with van der Waals surface area (Å²) in [5.41, 5.74) is 0.649. The molecule has 3 aromatic heterocycles. The molecule has 0 unspecified atom stereocenters. The quantitative estimate of drug-likeness (QED) is 0.270. The van der Waals surface area contributed by atoms with E-state index in [-0.39, 0.29) is 22.4 Å². The molecule has 0 spiro atoms. The van der Waals surface area contributed by atoms with Gasteiger partial charge in [0.25, 0.3) is 10.0 Å². The normalized spacial score (nSPS) is 17.1. The number of benzene rings is 1. The van der Waals surface area contributed by atoms with E-state index in [9.17, 15) is 16.8 Å². The van der Waals surface area contributed by atoms with Gasteiger partial charge in [0.15, 0.2) is 10.9 Å². The first kappa shape index (κ1) is 30.4. The van der Waals surface area contributed by atoms with Crippen molar-refractivity contribution < 1.29 is 30.4 Å². The van der Waals surface area contributed by atoms with Crippen LogP contribution in [0.2, 0.25) is 0 Å². The minimum Gasteiger partial charge on any atom is -0.451 e. The van der Waals surface area contributed by atoms with E-state index in [1.165, 1.54) is 52.4 Å². The van der Waals surface area contributed by atoms with E-state index >= 15 is 4.39 Å². The average Bonchev–Trinajstić information content (AvgIpc) is 3.71. The standard InChI is InChI=1S/C27H30FN7O6S3/c1-43(36,37)35-11-8-18(9-12-35)30-26-29-10-7-21(31-26)25-24(32-27(42-25)34-13-16-40-17-14-34)19-4-2-5-20(23(19)28)33-44(38,39)22-6-3-15-41-22/h2-7,10,15,18,33H,8-9,11-14,16-17H2,1H3,(H,29,30,31). The molecule has 0 radical (unpaired) electrons. The zero-order valence-electron chi connectivity index (χ0n) is 23.6. The molecule has 0 amide bonds. The van der Waals surface area contributed by atoms with Crippen LogP contribution in [0.4, 0.5) is 21.2 Å². The zero-order chi connectivity index (χ0) is 30.9. The summed E-state index contributed by atoms with van der Waals surface area (Å²) in [6.45, 7) is 3.08. The number of anilines is 3. The SMILES string of the molecule is CS(=O)(=O)N1CCC(Nc2nccc(-c3sc(N4CCOCC4)nc3-c3cccc(NS(=O)(=O)c4ccco4)c3F)n2)CC1. The Balaban J connectivity index is 1.33. The van der Waals surface area contributed by atoms with Gasteiger partial charge in [-0.2, -0.15) is 8.42 Å². The molecule has 0 aliphatic carbocycles. The number of ether oxygens (including phenoxy) is 1. The molecule has 2 saturated heterocycles. The van der Waals surface area contributed by atoms with Crippen molar-refractivity contribution in [1.29, 1.82) is 0 Å². The summed E-state index contributed by atoms with van der Waals surface area (Å²) in [4.78, 5) is 16.5. The highest BCUT2D eigenvalue weighted by atomic mass is 32.2. The molecule has 2 N–H and O–H groups in total. The third-order valence-corrected chi connectivity index (χ3v) is 11.0. The second kappa shape index (κ2) is 12.4. The van der Waals surface area contributed by atoms with Crippen LogP contribution >= 0.6 is 11.3 Å². The van der Waals surface area contributed by atoms with Crippen molar-refractivity contribution in [3.8, 4) is 21.8 Å². The summed E-state index contributed by atoms with van der Waals surface area (Å²) in [6.07, 6.45) is 5.22. The molecule has 5 heterocycles. The van der Waals surface area contributed by atoms with Gasteiger partial charge >= 0.3 is 0 Å². The van der Waals surface area contributed by atoms with Crippen LogP contribution < -0.4 is 14.9 Å². The van der Waals surface area contributed by atoms with Crippen molar-refractivity contribution in [3.63, 3.8) is 0 Å². The van der Waals surface area contributed by atoms with Crippen molar-refractivity contribution >= 4 is 48.2 Å². The van der Waals surface area contributed by atoms with E-state index in [1.54, 1.807) is 18.3 Å². The van der Waals surface area contributed by atoms with Crippen LogP contribution in [-0.4, -0.2) is 87.8 Å². The van der Waals surface area contributed by atoms with E-state index < -0.39 is 25.9 Å². The average molecular weight is 664 g/mol. The molecule has 44 heavy (non-hydrogen) atoms. The van der Waals surface area contributed by atoms with Gasteiger partial charge in [-0.1, -0.05) is 17.4 Å². The maximum atomic E-state index is 16.1. The van der Waals surface area contributed by atoms with Crippen LogP contribution in [-0.2, 0) is 24.8 Å². The molecule has 2 aliphatic heterocycles. The number of hydrogen-bond acceptors (Lipinski definition) is 12. The molecular weight excluding hydrogens is 634 g/mol. The topological polar surface area (TPSA) is 160 Å². The van der Waals surface area contributed by atoms with Crippen LogP contribution in [0, 0.1) is 5.82 Å². The first-order chi connectivity index (χ1) is 21.1. The minimum absolute atomic E-state index is 0.0237. The van der Waals surface area contributed by atoms with Crippen molar-refractivity contribution in [1.82, 2.24) is 19.3 Å². The first-order valence-electron chi connectivity index (χ1n) is 13.8. The molecule has 17 heteroatoms. The van der Waals surface area contributed by atoms with Gasteiger partial charge in [-0.3, -0.25) is 4.72 Å². The van der Waals surface area contributed by atoms with Gasteiger partial charge in [-0.15, -0.1) is 0 Å². The number of morpholine rings is 1. The van der Waals surface area contributed by atoms with Crippen LogP contribution in [0.1, 0.15) is 12.8 Å². The summed E-state index contributed by atoms with van der Waals surface area (Å²) in [6, 6.07) is 8.80. The first-order valence-corrected chi connectivity index (χ1v) is 18.0. The molecule has 2 aliphatic rings. The largest absolute Gasteiger partial charge is 0.451 e. The van der Waals surface area contributed by atoms with Crippen molar-refractivity contribution in [3.05, 3.63) is 54.7 Å². The summed E-state index contributed by atoms with van der Waals surface area (Å²) in [5, 5.41) is 3.62. The van der Waals surface area contributed by atoms with Gasteiger partial charge in [0.1, 0.15) is 0 Å². The molecule has 2 fully saturated rings. The highest BCUT2D eigenvalue weighted by Gasteiger charge is 2.28. The van der Waals surface area contributed by atoms with Crippen LogP contribution in [0.25, 0.3) is 21.8 Å². The van der Waals surface area contributed by atoms with E-state index in [4.69, 9.17) is 19.1 Å². The van der Waals surface area contributed by atoms with Crippen LogP contribution in [0.5, 0.6) is 0 Å². The summed E-state index contributed by atoms with van der Waals surface area (Å²) < 4.78 is 79.6. The van der Waals surface area contributed by atoms with Crippen LogP contribution in [0.3, 0.4) is 0 Å². The lowest BCUT2D eigenvalue weighted by Gasteiger charge is -2.30. The van der Waals surface area contributed by atoms with Crippen molar-refractivity contribution in [2.45, 2.75) is 24.0 Å². The van der Waals surface area contributed by atoms with Gasteiger partial charge in [0.05, 0.1) is 47.7 Å². The number of aromatic nitrogens is 3. The summed E-state index contributed by atoms with van der Waals surface area (Å²) >= 11 is 1.35. The number of nitrogens with zero attached hydrogens (tertiary/aromatic N) is 5. The molecule has 1 aromatic carbocycles. The van der Waals surface area contributed by atoms with E-state index in [0.717, 1.165) is 0 Å². The number of piperidine rings is 1. The predicted molar refractivity (Wildman–Crippen MR) is 164 cm³/mol. The number of halogens is 1. The van der Waals surface area contributed by atoms with E-state index in [1.807, 2.05) is 0 Å². The highest BCUT2D eigenvalue weighted by Crippen LogP contribution is 2.42. The molecule has 6 rings (SSSR count). The summed E-state index contributed by atoms with van der Waals surface area (Å²) in [7, 11) is -7.41. The van der Waals surface area contributed by atoms with Gasteiger partial charge < -0.3 is 19.4 Å². The predicted octanol–water partition coefficient (Wildman–Crippen LogP) is 3.47. The Morgan fingerprint density at radius 3 is 2.48 bits per heavy atom. The lowest BCUT2D eigenvalue weighted by Crippen LogP contribution is -2.42. The molecule has 0 bridgehead atoms. The maximum absolute atomic E-state index is 16.1. The summed E-state index contributed by atoms with van der Waals surface area (Å²) in [5.74, 6) is -0.444. The third-order valence-electron chi connectivity index (χ3n) is 7.30. The molecule has 0 atom stereocenters. The monoisotopic (exact) mass is 663 g/mol. The van der Waals surface area contributed by atoms with Crippen LogP contribution in [0.15, 0.2) is 58.4 Å². The molecular formula is C27H30FN7O6S3. The minimum atomic E-state index is -4.16. The number of hydrogen-bond donors (Lipinski definition) is 2. The fourth-order valence-electron chi connectivity index (χ4n) is 5.03. The fraction of sp³-hybridized carbons (Fsp3) is 0.370. The fourth-order valence-corrected chi connectivity index (χ4v) is 7.99. The van der Waals surface area contributed by atoms with Gasteiger partial charge in [0, 0.05) is 44.0 Å². The number of furan rings is 1. The van der Waals surface area contributed by atoms with E-state index in [2.05, 4.69) is 19.9 Å². The van der Waals surface area contributed by atoms with Gasteiger partial charge in [-0.05, 0) is 43.2 Å². The second-order valence-corrected chi connectivity index (χ2v) is 14.9. The number of rotatable bonds is 9. The zero-order valence-corrected chi connectivity index (χ0v) is 26.1. The number of sulfonamides is 2. The van der Waals surface area contributed by atoms with E-state index in [0.29, 0.717) is 79.6 Å². The smallest absolute Gasteiger partial charge is 0.295 e. The maximum Gasteiger partial charge on any atom is 0.295 e. The van der Waals surface area contributed by atoms with Gasteiger partial charge in [0.2, 0.25) is 21.1 Å².